The van der Waals surface area contributed by atoms with E-state index < -0.39 is 0 Å². The van der Waals surface area contributed by atoms with Crippen LogP contribution in [0, 0.1) is 5.92 Å². The van der Waals surface area contributed by atoms with E-state index in [9.17, 15) is 4.79 Å². The van der Waals surface area contributed by atoms with Crippen LogP contribution in [0.2, 0.25) is 0 Å². The molecule has 0 bridgehead atoms. The molecule has 0 saturated carbocycles. The number of ketones is 1. The second kappa shape index (κ2) is 4.36. The van der Waals surface area contributed by atoms with Crippen molar-refractivity contribution in [1.29, 1.82) is 0 Å². The Morgan fingerprint density at radius 1 is 1.31 bits per heavy atom. The molecule has 2 rings (SSSR count). The lowest BCUT2D eigenvalue weighted by Gasteiger charge is -2.21. The van der Waals surface area contributed by atoms with E-state index in [4.69, 9.17) is 4.84 Å². The van der Waals surface area contributed by atoms with Crippen LogP contribution in [-0.4, -0.2) is 24.0 Å². The third kappa shape index (κ3) is 1.88. The number of nitrogens with zero attached hydrogens (tertiary/aromatic N) is 1. The zero-order chi connectivity index (χ0) is 11.7. The summed E-state index contributed by atoms with van der Waals surface area (Å²) >= 11 is 0. The van der Waals surface area contributed by atoms with Gasteiger partial charge in [-0.3, -0.25) is 9.63 Å². The summed E-state index contributed by atoms with van der Waals surface area (Å²) in [6.45, 7) is 3.59. The highest BCUT2D eigenvalue weighted by Crippen LogP contribution is 2.38. The van der Waals surface area contributed by atoms with Crippen molar-refractivity contribution in [3.63, 3.8) is 0 Å². The Bertz CT molecular complexity index is 377. The van der Waals surface area contributed by atoms with Gasteiger partial charge in [0.2, 0.25) is 0 Å². The molecular weight excluding hydrogens is 202 g/mol. The van der Waals surface area contributed by atoms with Gasteiger partial charge in [0.15, 0.2) is 0 Å². The van der Waals surface area contributed by atoms with E-state index in [1.165, 1.54) is 0 Å². The first-order chi connectivity index (χ1) is 7.61. The van der Waals surface area contributed by atoms with Crippen LogP contribution in [0.15, 0.2) is 30.3 Å². The molecular formula is C13H17NO2. The summed E-state index contributed by atoms with van der Waals surface area (Å²) in [4.78, 5) is 17.3. The van der Waals surface area contributed by atoms with Crippen LogP contribution in [0.4, 0.5) is 0 Å². The molecule has 0 aliphatic carbocycles. The number of Topliss-reactive ketones (excluding diaryl/α,β-unsaturated/α-hetero) is 1. The summed E-state index contributed by atoms with van der Waals surface area (Å²) in [6.07, 6.45) is -0.0484. The number of hydrogen-bond acceptors (Lipinski definition) is 3. The van der Waals surface area contributed by atoms with E-state index in [1.54, 1.807) is 12.0 Å². The summed E-state index contributed by atoms with van der Waals surface area (Å²) in [5, 5.41) is 1.80. The van der Waals surface area contributed by atoms with Gasteiger partial charge in [-0.2, -0.15) is 5.06 Å². The fourth-order valence-electron chi connectivity index (χ4n) is 2.50. The SMILES string of the molecule is CC(=O)[C@H]1[C@H](C)ON(C)[C@H]1c1ccccc1. The Morgan fingerprint density at radius 3 is 2.50 bits per heavy atom. The van der Waals surface area contributed by atoms with Gasteiger partial charge in [0.1, 0.15) is 5.78 Å². The summed E-state index contributed by atoms with van der Waals surface area (Å²) in [5.41, 5.74) is 1.13. The first kappa shape index (κ1) is 11.3. The van der Waals surface area contributed by atoms with Crippen LogP contribution in [0.3, 0.4) is 0 Å². The smallest absolute Gasteiger partial charge is 0.137 e. The third-order valence-corrected chi connectivity index (χ3v) is 3.18. The van der Waals surface area contributed by atoms with Gasteiger partial charge >= 0.3 is 0 Å². The van der Waals surface area contributed by atoms with Crippen molar-refractivity contribution in [3.8, 4) is 0 Å². The van der Waals surface area contributed by atoms with Gasteiger partial charge in [0, 0.05) is 7.05 Å². The van der Waals surface area contributed by atoms with Gasteiger partial charge in [0.25, 0.3) is 0 Å². The average Bonchev–Trinajstić information content (AvgIpc) is 2.55. The standard InChI is InChI=1S/C13H17NO2/c1-9(15)12-10(2)16-14(3)13(12)11-7-5-4-6-8-11/h4-8,10,12-13H,1-3H3/t10-,12-,13-/m0/s1. The van der Waals surface area contributed by atoms with Gasteiger partial charge in [-0.25, -0.2) is 0 Å². The highest BCUT2D eigenvalue weighted by molar-refractivity contribution is 5.80. The quantitative estimate of drug-likeness (QED) is 0.763. The fraction of sp³-hybridized carbons (Fsp3) is 0.462. The summed E-state index contributed by atoms with van der Waals surface area (Å²) in [6, 6.07) is 10.1. The van der Waals surface area contributed by atoms with Gasteiger partial charge in [0.05, 0.1) is 18.1 Å². The number of carbonyl (C=O) groups is 1. The topological polar surface area (TPSA) is 29.5 Å². The predicted octanol–water partition coefficient (Wildman–Crippen LogP) is 2.20. The lowest BCUT2D eigenvalue weighted by Crippen LogP contribution is -2.26. The zero-order valence-electron chi connectivity index (χ0n) is 9.88. The molecule has 86 valence electrons. The number of carbonyl (C=O) groups excluding carboxylic acids is 1. The largest absolute Gasteiger partial charge is 0.300 e. The molecule has 16 heavy (non-hydrogen) atoms. The Balaban J connectivity index is 2.34. The molecule has 1 fully saturated rings. The van der Waals surface area contributed by atoms with Crippen LogP contribution in [0.25, 0.3) is 0 Å². The minimum atomic E-state index is -0.0765. The molecule has 0 amide bonds. The zero-order valence-corrected chi connectivity index (χ0v) is 9.88. The molecule has 0 aromatic heterocycles. The maximum Gasteiger partial charge on any atom is 0.137 e. The van der Waals surface area contributed by atoms with Crippen molar-refractivity contribution in [1.82, 2.24) is 5.06 Å². The van der Waals surface area contributed by atoms with E-state index in [1.807, 2.05) is 44.3 Å². The first-order valence-electron chi connectivity index (χ1n) is 5.56. The van der Waals surface area contributed by atoms with Gasteiger partial charge in [-0.05, 0) is 19.4 Å². The van der Waals surface area contributed by atoms with Crippen molar-refractivity contribution in [2.75, 3.05) is 7.05 Å². The van der Waals surface area contributed by atoms with Crippen molar-refractivity contribution >= 4 is 5.78 Å². The van der Waals surface area contributed by atoms with Crippen molar-refractivity contribution < 1.29 is 9.63 Å². The van der Waals surface area contributed by atoms with E-state index in [-0.39, 0.29) is 23.8 Å². The van der Waals surface area contributed by atoms with E-state index in [0.717, 1.165) is 5.56 Å². The average molecular weight is 219 g/mol. The summed E-state index contributed by atoms with van der Waals surface area (Å²) in [7, 11) is 1.89. The third-order valence-electron chi connectivity index (χ3n) is 3.18. The summed E-state index contributed by atoms with van der Waals surface area (Å²) < 4.78 is 0. The highest BCUT2D eigenvalue weighted by Gasteiger charge is 2.42. The minimum absolute atomic E-state index is 0.0358. The molecule has 0 unspecified atom stereocenters. The maximum absolute atomic E-state index is 11.7. The molecule has 0 N–H and O–H groups in total. The highest BCUT2D eigenvalue weighted by atomic mass is 16.7. The molecule has 1 aromatic rings. The van der Waals surface area contributed by atoms with Crippen molar-refractivity contribution in [2.45, 2.75) is 26.0 Å². The van der Waals surface area contributed by atoms with Crippen LogP contribution >= 0.6 is 0 Å². The molecule has 1 heterocycles. The van der Waals surface area contributed by atoms with Crippen molar-refractivity contribution in [3.05, 3.63) is 35.9 Å². The monoisotopic (exact) mass is 219 g/mol. The predicted molar refractivity (Wildman–Crippen MR) is 61.7 cm³/mol. The number of hydrogen-bond donors (Lipinski definition) is 0. The van der Waals surface area contributed by atoms with Crippen LogP contribution in [0.1, 0.15) is 25.5 Å². The minimum Gasteiger partial charge on any atom is -0.300 e. The second-order valence-corrected chi connectivity index (χ2v) is 4.35. The van der Waals surface area contributed by atoms with E-state index in [2.05, 4.69) is 0 Å². The van der Waals surface area contributed by atoms with Crippen LogP contribution in [0.5, 0.6) is 0 Å². The Kier molecular flexibility index (Phi) is 3.08. The molecule has 3 heteroatoms. The molecule has 1 aliphatic rings. The van der Waals surface area contributed by atoms with E-state index in [0.29, 0.717) is 0 Å². The number of hydroxylamine groups is 2. The maximum atomic E-state index is 11.7. The summed E-state index contributed by atoms with van der Waals surface area (Å²) in [5.74, 6) is 0.109. The lowest BCUT2D eigenvalue weighted by atomic mass is 9.87. The Hall–Kier alpha value is -1.19. The molecule has 0 spiro atoms. The molecule has 3 nitrogen and oxygen atoms in total. The van der Waals surface area contributed by atoms with Gasteiger partial charge in [-0.15, -0.1) is 0 Å². The van der Waals surface area contributed by atoms with Crippen LogP contribution < -0.4 is 0 Å². The van der Waals surface area contributed by atoms with Gasteiger partial charge in [-0.1, -0.05) is 30.3 Å². The second-order valence-electron chi connectivity index (χ2n) is 4.35. The first-order valence-corrected chi connectivity index (χ1v) is 5.56. The Morgan fingerprint density at radius 2 is 1.94 bits per heavy atom. The normalized spacial score (nSPS) is 30.6. The molecule has 3 atom stereocenters. The van der Waals surface area contributed by atoms with Crippen LogP contribution in [-0.2, 0) is 9.63 Å². The Labute approximate surface area is 96.0 Å². The van der Waals surface area contributed by atoms with E-state index >= 15 is 0 Å². The molecule has 1 aliphatic heterocycles. The molecule has 0 radical (unpaired) electrons. The molecule has 1 aromatic carbocycles. The van der Waals surface area contributed by atoms with Gasteiger partial charge < -0.3 is 0 Å². The van der Waals surface area contributed by atoms with Crippen molar-refractivity contribution in [2.24, 2.45) is 5.92 Å². The lowest BCUT2D eigenvalue weighted by molar-refractivity contribution is -0.140. The fourth-order valence-corrected chi connectivity index (χ4v) is 2.50. The molecule has 1 saturated heterocycles. The number of benzene rings is 1. The number of rotatable bonds is 2.